The van der Waals surface area contributed by atoms with Crippen LogP contribution in [-0.2, 0) is 0 Å². The van der Waals surface area contributed by atoms with Gasteiger partial charge in [0, 0.05) is 23.8 Å². The molecule has 108 valence electrons. The molecule has 0 aromatic heterocycles. The first kappa shape index (κ1) is 13.1. The summed E-state index contributed by atoms with van der Waals surface area (Å²) in [5.74, 6) is 1.21. The Kier molecular flexibility index (Phi) is 3.20. The smallest absolute Gasteiger partial charge is 0.256 e. The van der Waals surface area contributed by atoms with Crippen LogP contribution < -0.4 is 15.2 Å². The summed E-state index contributed by atoms with van der Waals surface area (Å²) in [7, 11) is 0. The standard InChI is InChI=1S/C15H20N2O3/c1-3-10-5-4-9(2)17(10)15(18)11-6-13-14(7-12(11)16)20-8-19-13/h6-7,9-10H,3-5,8,16H2,1-2H3. The van der Waals surface area contributed by atoms with E-state index in [4.69, 9.17) is 15.2 Å². The van der Waals surface area contributed by atoms with E-state index in [2.05, 4.69) is 13.8 Å². The summed E-state index contributed by atoms with van der Waals surface area (Å²) in [6.45, 7) is 4.40. The quantitative estimate of drug-likeness (QED) is 0.842. The van der Waals surface area contributed by atoms with Crippen LogP contribution in [0.1, 0.15) is 43.5 Å². The molecule has 5 nitrogen and oxygen atoms in total. The predicted octanol–water partition coefficient (Wildman–Crippen LogP) is 2.40. The van der Waals surface area contributed by atoms with Gasteiger partial charge in [-0.1, -0.05) is 6.92 Å². The summed E-state index contributed by atoms with van der Waals surface area (Å²) in [4.78, 5) is 14.8. The Morgan fingerprint density at radius 2 is 2.05 bits per heavy atom. The van der Waals surface area contributed by atoms with Crippen LogP contribution in [0.4, 0.5) is 5.69 Å². The van der Waals surface area contributed by atoms with E-state index in [1.54, 1.807) is 12.1 Å². The molecule has 0 saturated carbocycles. The molecule has 2 N–H and O–H groups in total. The van der Waals surface area contributed by atoms with Gasteiger partial charge < -0.3 is 20.1 Å². The summed E-state index contributed by atoms with van der Waals surface area (Å²) in [5.41, 5.74) is 6.98. The van der Waals surface area contributed by atoms with Gasteiger partial charge in [0.25, 0.3) is 5.91 Å². The number of benzene rings is 1. The molecule has 2 heterocycles. The van der Waals surface area contributed by atoms with Gasteiger partial charge in [0.1, 0.15) is 0 Å². The second kappa shape index (κ2) is 4.89. The third-order valence-electron chi connectivity index (χ3n) is 4.27. The van der Waals surface area contributed by atoms with Crippen molar-refractivity contribution in [2.24, 2.45) is 0 Å². The highest BCUT2D eigenvalue weighted by atomic mass is 16.7. The number of amides is 1. The number of hydrogen-bond acceptors (Lipinski definition) is 4. The lowest BCUT2D eigenvalue weighted by Gasteiger charge is -2.28. The van der Waals surface area contributed by atoms with Crippen LogP contribution in [0, 0.1) is 0 Å². The Bertz CT molecular complexity index is 544. The van der Waals surface area contributed by atoms with Crippen LogP contribution in [0.3, 0.4) is 0 Å². The van der Waals surface area contributed by atoms with Crippen molar-refractivity contribution < 1.29 is 14.3 Å². The lowest BCUT2D eigenvalue weighted by molar-refractivity contribution is 0.0677. The van der Waals surface area contributed by atoms with Crippen molar-refractivity contribution in [2.75, 3.05) is 12.5 Å². The zero-order valence-corrected chi connectivity index (χ0v) is 11.9. The largest absolute Gasteiger partial charge is 0.454 e. The number of hydrogen-bond donors (Lipinski definition) is 1. The van der Waals surface area contributed by atoms with E-state index >= 15 is 0 Å². The molecule has 0 bridgehead atoms. The molecule has 0 aliphatic carbocycles. The maximum absolute atomic E-state index is 12.8. The fourth-order valence-corrected chi connectivity index (χ4v) is 3.12. The van der Waals surface area contributed by atoms with E-state index in [-0.39, 0.29) is 18.7 Å². The molecule has 2 aliphatic heterocycles. The average molecular weight is 276 g/mol. The third kappa shape index (κ3) is 1.97. The normalized spacial score (nSPS) is 24.2. The molecule has 1 saturated heterocycles. The number of rotatable bonds is 2. The lowest BCUT2D eigenvalue weighted by atomic mass is 10.1. The minimum absolute atomic E-state index is 0.00218. The predicted molar refractivity (Wildman–Crippen MR) is 75.9 cm³/mol. The van der Waals surface area contributed by atoms with E-state index in [9.17, 15) is 4.79 Å². The SMILES string of the molecule is CCC1CCC(C)N1C(=O)c1cc2c(cc1N)OCO2. The zero-order chi connectivity index (χ0) is 14.3. The Labute approximate surface area is 118 Å². The van der Waals surface area contributed by atoms with Gasteiger partial charge in [-0.15, -0.1) is 0 Å². The van der Waals surface area contributed by atoms with Crippen LogP contribution >= 0.6 is 0 Å². The van der Waals surface area contributed by atoms with Crippen LogP contribution in [0.2, 0.25) is 0 Å². The Hall–Kier alpha value is -1.91. The highest BCUT2D eigenvalue weighted by Gasteiger charge is 2.35. The number of nitrogens with zero attached hydrogens (tertiary/aromatic N) is 1. The molecule has 2 unspecified atom stereocenters. The summed E-state index contributed by atoms with van der Waals surface area (Å²) in [6.07, 6.45) is 3.09. The Balaban J connectivity index is 1.94. The highest BCUT2D eigenvalue weighted by Crippen LogP contribution is 2.37. The van der Waals surface area contributed by atoms with E-state index in [1.165, 1.54) is 0 Å². The monoisotopic (exact) mass is 276 g/mol. The molecule has 1 aromatic rings. The molecule has 1 aromatic carbocycles. The molecule has 5 heteroatoms. The van der Waals surface area contributed by atoms with Crippen molar-refractivity contribution in [3.63, 3.8) is 0 Å². The highest BCUT2D eigenvalue weighted by molar-refractivity contribution is 6.00. The summed E-state index contributed by atoms with van der Waals surface area (Å²) < 4.78 is 10.6. The summed E-state index contributed by atoms with van der Waals surface area (Å²) in [6, 6.07) is 3.95. The van der Waals surface area contributed by atoms with Crippen LogP contribution in [0.25, 0.3) is 0 Å². The van der Waals surface area contributed by atoms with Gasteiger partial charge in [0.2, 0.25) is 6.79 Å². The van der Waals surface area contributed by atoms with Gasteiger partial charge >= 0.3 is 0 Å². The van der Waals surface area contributed by atoms with E-state index in [1.807, 2.05) is 4.90 Å². The number of carbonyl (C=O) groups excluding carboxylic acids is 1. The molecule has 0 radical (unpaired) electrons. The minimum atomic E-state index is -0.00218. The number of carbonyl (C=O) groups is 1. The maximum Gasteiger partial charge on any atom is 0.256 e. The molecular formula is C15H20N2O3. The summed E-state index contributed by atoms with van der Waals surface area (Å²) >= 11 is 0. The van der Waals surface area contributed by atoms with Crippen LogP contribution in [0.5, 0.6) is 11.5 Å². The van der Waals surface area contributed by atoms with Gasteiger partial charge in [-0.25, -0.2) is 0 Å². The topological polar surface area (TPSA) is 64.8 Å². The fourth-order valence-electron chi connectivity index (χ4n) is 3.12. The van der Waals surface area contributed by atoms with Gasteiger partial charge in [-0.2, -0.15) is 0 Å². The number of anilines is 1. The molecule has 2 atom stereocenters. The molecule has 20 heavy (non-hydrogen) atoms. The first-order valence-electron chi connectivity index (χ1n) is 7.13. The van der Waals surface area contributed by atoms with E-state index in [0.29, 0.717) is 28.8 Å². The van der Waals surface area contributed by atoms with E-state index in [0.717, 1.165) is 19.3 Å². The first-order chi connectivity index (χ1) is 9.61. The van der Waals surface area contributed by atoms with Crippen molar-refractivity contribution in [3.05, 3.63) is 17.7 Å². The van der Waals surface area contributed by atoms with Crippen molar-refractivity contribution >= 4 is 11.6 Å². The van der Waals surface area contributed by atoms with E-state index < -0.39 is 0 Å². The number of nitrogen functional groups attached to an aromatic ring is 1. The second-order valence-electron chi connectivity index (χ2n) is 5.49. The second-order valence-corrected chi connectivity index (χ2v) is 5.49. The molecule has 3 rings (SSSR count). The van der Waals surface area contributed by atoms with Crippen LogP contribution in [0.15, 0.2) is 12.1 Å². The van der Waals surface area contributed by atoms with Crippen molar-refractivity contribution in [2.45, 2.75) is 45.2 Å². The molecule has 2 aliphatic rings. The number of ether oxygens (including phenoxy) is 2. The maximum atomic E-state index is 12.8. The average Bonchev–Trinajstić information content (AvgIpc) is 3.02. The lowest BCUT2D eigenvalue weighted by Crippen LogP contribution is -2.40. The van der Waals surface area contributed by atoms with Crippen LogP contribution in [-0.4, -0.2) is 29.7 Å². The van der Waals surface area contributed by atoms with Gasteiger partial charge in [-0.05, 0) is 32.3 Å². The minimum Gasteiger partial charge on any atom is -0.454 e. The molecule has 1 fully saturated rings. The zero-order valence-electron chi connectivity index (χ0n) is 11.9. The molecular weight excluding hydrogens is 256 g/mol. The van der Waals surface area contributed by atoms with Gasteiger partial charge in [0.05, 0.1) is 5.56 Å². The van der Waals surface area contributed by atoms with Gasteiger partial charge in [-0.3, -0.25) is 4.79 Å². The number of fused-ring (bicyclic) bond motifs is 1. The molecule has 1 amide bonds. The Morgan fingerprint density at radius 3 is 2.75 bits per heavy atom. The number of likely N-dealkylation sites (tertiary alicyclic amines) is 1. The van der Waals surface area contributed by atoms with Crippen molar-refractivity contribution in [1.82, 2.24) is 4.90 Å². The number of nitrogens with two attached hydrogens (primary N) is 1. The van der Waals surface area contributed by atoms with Crippen molar-refractivity contribution in [1.29, 1.82) is 0 Å². The van der Waals surface area contributed by atoms with Crippen molar-refractivity contribution in [3.8, 4) is 11.5 Å². The third-order valence-corrected chi connectivity index (χ3v) is 4.27. The summed E-state index contributed by atoms with van der Waals surface area (Å²) in [5, 5.41) is 0. The fraction of sp³-hybridized carbons (Fsp3) is 0.533. The first-order valence-corrected chi connectivity index (χ1v) is 7.13. The molecule has 0 spiro atoms. The Morgan fingerprint density at radius 1 is 1.35 bits per heavy atom. The van der Waals surface area contributed by atoms with Gasteiger partial charge in [0.15, 0.2) is 11.5 Å².